The van der Waals surface area contributed by atoms with E-state index in [1.54, 1.807) is 24.8 Å². The summed E-state index contributed by atoms with van der Waals surface area (Å²) in [7, 11) is 0. The van der Waals surface area contributed by atoms with Gasteiger partial charge in [0.2, 0.25) is 5.91 Å². The van der Waals surface area contributed by atoms with E-state index >= 15 is 0 Å². The fraction of sp³-hybridized carbons (Fsp3) is 0.385. The van der Waals surface area contributed by atoms with Gasteiger partial charge in [0.15, 0.2) is 0 Å². The van der Waals surface area contributed by atoms with Crippen LogP contribution in [0.2, 0.25) is 0 Å². The third-order valence-corrected chi connectivity index (χ3v) is 3.32. The Labute approximate surface area is 106 Å². The minimum atomic E-state index is -0.797. The Morgan fingerprint density at radius 1 is 1.33 bits per heavy atom. The summed E-state index contributed by atoms with van der Waals surface area (Å²) in [4.78, 5) is 25.2. The van der Waals surface area contributed by atoms with E-state index in [-0.39, 0.29) is 18.4 Å². The van der Waals surface area contributed by atoms with Crippen molar-refractivity contribution in [3.8, 4) is 0 Å². The maximum atomic E-state index is 11.9. The van der Waals surface area contributed by atoms with Crippen molar-refractivity contribution in [1.29, 1.82) is 0 Å². The molecular formula is C13H17N3O2. The molecule has 2 amide bonds. The van der Waals surface area contributed by atoms with Crippen molar-refractivity contribution >= 4 is 23.2 Å². The number of nitrogens with zero attached hydrogens (tertiary/aromatic N) is 1. The van der Waals surface area contributed by atoms with E-state index in [0.717, 1.165) is 11.3 Å². The van der Waals surface area contributed by atoms with Gasteiger partial charge in [-0.25, -0.2) is 0 Å². The first-order chi connectivity index (χ1) is 8.34. The number of anilines is 2. The van der Waals surface area contributed by atoms with E-state index in [4.69, 9.17) is 5.73 Å². The SMILES string of the molecule is Cc1cccc(N)c1N1CC(=O)NC(=O)C1(C)C. The summed E-state index contributed by atoms with van der Waals surface area (Å²) < 4.78 is 0. The second kappa shape index (κ2) is 4.01. The van der Waals surface area contributed by atoms with Crippen LogP contribution >= 0.6 is 0 Å². The number of piperazine rings is 1. The molecule has 1 fully saturated rings. The average Bonchev–Trinajstić information content (AvgIpc) is 2.25. The fourth-order valence-electron chi connectivity index (χ4n) is 2.19. The number of amides is 2. The van der Waals surface area contributed by atoms with Crippen molar-refractivity contribution in [2.24, 2.45) is 0 Å². The predicted molar refractivity (Wildman–Crippen MR) is 70.2 cm³/mol. The Morgan fingerprint density at radius 3 is 2.61 bits per heavy atom. The van der Waals surface area contributed by atoms with E-state index in [2.05, 4.69) is 5.32 Å². The van der Waals surface area contributed by atoms with Gasteiger partial charge in [-0.15, -0.1) is 0 Å². The van der Waals surface area contributed by atoms with Gasteiger partial charge in [-0.1, -0.05) is 12.1 Å². The van der Waals surface area contributed by atoms with Gasteiger partial charge >= 0.3 is 0 Å². The Kier molecular flexibility index (Phi) is 2.77. The number of imide groups is 1. The molecule has 2 rings (SSSR count). The Balaban J connectivity index is 2.54. The number of para-hydroxylation sites is 1. The highest BCUT2D eigenvalue weighted by Gasteiger charge is 2.42. The zero-order chi connectivity index (χ0) is 13.5. The first-order valence-electron chi connectivity index (χ1n) is 5.81. The summed E-state index contributed by atoms with van der Waals surface area (Å²) in [5.74, 6) is -0.608. The highest BCUT2D eigenvalue weighted by molar-refractivity contribution is 6.07. The van der Waals surface area contributed by atoms with Crippen LogP contribution < -0.4 is 16.0 Å². The van der Waals surface area contributed by atoms with Crippen LogP contribution in [0.4, 0.5) is 11.4 Å². The normalized spacial score (nSPS) is 18.7. The summed E-state index contributed by atoms with van der Waals surface area (Å²) in [6.45, 7) is 5.61. The molecule has 0 aromatic heterocycles. The number of nitrogen functional groups attached to an aromatic ring is 1. The first kappa shape index (κ1) is 12.4. The zero-order valence-electron chi connectivity index (χ0n) is 10.8. The van der Waals surface area contributed by atoms with Gasteiger partial charge in [0.1, 0.15) is 5.54 Å². The van der Waals surface area contributed by atoms with Crippen LogP contribution in [0.3, 0.4) is 0 Å². The third kappa shape index (κ3) is 1.81. The number of benzene rings is 1. The molecule has 0 aliphatic carbocycles. The van der Waals surface area contributed by atoms with Crippen molar-refractivity contribution in [2.75, 3.05) is 17.2 Å². The zero-order valence-corrected chi connectivity index (χ0v) is 10.8. The van der Waals surface area contributed by atoms with E-state index < -0.39 is 5.54 Å². The minimum Gasteiger partial charge on any atom is -0.397 e. The molecule has 96 valence electrons. The number of hydrogen-bond acceptors (Lipinski definition) is 4. The summed E-state index contributed by atoms with van der Waals surface area (Å²) in [5.41, 5.74) is 7.46. The Bertz CT molecular complexity index is 503. The Hall–Kier alpha value is -2.04. The maximum Gasteiger partial charge on any atom is 0.251 e. The van der Waals surface area contributed by atoms with Crippen LogP contribution in [0.15, 0.2) is 18.2 Å². The molecule has 5 nitrogen and oxygen atoms in total. The quantitative estimate of drug-likeness (QED) is 0.569. The highest BCUT2D eigenvalue weighted by atomic mass is 16.2. The predicted octanol–water partition coefficient (Wildman–Crippen LogP) is 0.819. The molecule has 1 saturated heterocycles. The molecule has 5 heteroatoms. The lowest BCUT2D eigenvalue weighted by molar-refractivity contribution is -0.135. The van der Waals surface area contributed by atoms with Crippen molar-refractivity contribution in [3.05, 3.63) is 23.8 Å². The monoisotopic (exact) mass is 247 g/mol. The second-order valence-electron chi connectivity index (χ2n) is 5.04. The summed E-state index contributed by atoms with van der Waals surface area (Å²) in [5, 5.41) is 2.35. The van der Waals surface area contributed by atoms with Crippen molar-refractivity contribution < 1.29 is 9.59 Å². The molecule has 0 spiro atoms. The molecule has 0 bridgehead atoms. The number of nitrogens with two attached hydrogens (primary N) is 1. The van der Waals surface area contributed by atoms with Crippen LogP contribution in [-0.2, 0) is 9.59 Å². The number of rotatable bonds is 1. The maximum absolute atomic E-state index is 11.9. The topological polar surface area (TPSA) is 75.4 Å². The summed E-state index contributed by atoms with van der Waals surface area (Å²) in [6.07, 6.45) is 0. The average molecular weight is 247 g/mol. The number of aryl methyl sites for hydroxylation is 1. The number of carbonyl (C=O) groups is 2. The summed E-state index contributed by atoms with van der Waals surface area (Å²) >= 11 is 0. The number of hydrogen-bond donors (Lipinski definition) is 2. The smallest absolute Gasteiger partial charge is 0.251 e. The van der Waals surface area contributed by atoms with Gasteiger partial charge in [0.05, 0.1) is 17.9 Å². The third-order valence-electron chi connectivity index (χ3n) is 3.32. The van der Waals surface area contributed by atoms with Crippen LogP contribution in [0.1, 0.15) is 19.4 Å². The molecule has 1 heterocycles. The molecule has 0 atom stereocenters. The van der Waals surface area contributed by atoms with E-state index in [1.807, 2.05) is 19.1 Å². The molecule has 3 N–H and O–H groups in total. The molecule has 0 saturated carbocycles. The lowest BCUT2D eigenvalue weighted by atomic mass is 9.96. The van der Waals surface area contributed by atoms with Gasteiger partial charge in [-0.2, -0.15) is 0 Å². The fourth-order valence-corrected chi connectivity index (χ4v) is 2.19. The van der Waals surface area contributed by atoms with Gasteiger partial charge < -0.3 is 10.6 Å². The van der Waals surface area contributed by atoms with Gasteiger partial charge in [-0.05, 0) is 32.4 Å². The van der Waals surface area contributed by atoms with Crippen LogP contribution in [0.25, 0.3) is 0 Å². The first-order valence-corrected chi connectivity index (χ1v) is 5.81. The lowest BCUT2D eigenvalue weighted by Crippen LogP contribution is -2.64. The summed E-state index contributed by atoms with van der Waals surface area (Å²) in [6, 6.07) is 5.54. The molecule has 1 aliphatic rings. The standard InChI is InChI=1S/C13H17N3O2/c1-8-5-4-6-9(14)11(8)16-7-10(17)15-12(18)13(16,2)3/h4-6H,7,14H2,1-3H3,(H,15,17,18). The molecule has 18 heavy (non-hydrogen) atoms. The van der Waals surface area contributed by atoms with E-state index in [1.165, 1.54) is 0 Å². The van der Waals surface area contributed by atoms with Crippen LogP contribution in [-0.4, -0.2) is 23.9 Å². The molecule has 0 radical (unpaired) electrons. The van der Waals surface area contributed by atoms with Crippen molar-refractivity contribution in [3.63, 3.8) is 0 Å². The molecule has 0 unspecified atom stereocenters. The van der Waals surface area contributed by atoms with E-state index in [0.29, 0.717) is 5.69 Å². The minimum absolute atomic E-state index is 0.133. The van der Waals surface area contributed by atoms with E-state index in [9.17, 15) is 9.59 Å². The van der Waals surface area contributed by atoms with Crippen molar-refractivity contribution in [1.82, 2.24) is 5.32 Å². The van der Waals surface area contributed by atoms with Gasteiger partial charge in [-0.3, -0.25) is 14.9 Å². The second-order valence-corrected chi connectivity index (χ2v) is 5.04. The highest BCUT2D eigenvalue weighted by Crippen LogP contribution is 2.33. The lowest BCUT2D eigenvalue weighted by Gasteiger charge is -2.42. The molecular weight excluding hydrogens is 230 g/mol. The molecule has 1 aromatic rings. The molecule has 1 aliphatic heterocycles. The Morgan fingerprint density at radius 2 is 2.00 bits per heavy atom. The van der Waals surface area contributed by atoms with Crippen molar-refractivity contribution in [2.45, 2.75) is 26.3 Å². The number of nitrogens with one attached hydrogen (secondary N) is 1. The van der Waals surface area contributed by atoms with Gasteiger partial charge in [0, 0.05) is 0 Å². The molecule has 1 aromatic carbocycles. The van der Waals surface area contributed by atoms with Crippen LogP contribution in [0, 0.1) is 6.92 Å². The van der Waals surface area contributed by atoms with Crippen LogP contribution in [0.5, 0.6) is 0 Å². The largest absolute Gasteiger partial charge is 0.397 e. The van der Waals surface area contributed by atoms with Gasteiger partial charge in [0.25, 0.3) is 5.91 Å². The number of carbonyl (C=O) groups excluding carboxylic acids is 2.